The minimum absolute atomic E-state index is 0.504. The summed E-state index contributed by atoms with van der Waals surface area (Å²) in [5.74, 6) is 1.95. The van der Waals surface area contributed by atoms with Gasteiger partial charge >= 0.3 is 0 Å². The van der Waals surface area contributed by atoms with Gasteiger partial charge in [-0.25, -0.2) is 0 Å². The number of methoxy groups -OCH3 is 1. The topological polar surface area (TPSA) is 72.0 Å². The fourth-order valence-corrected chi connectivity index (χ4v) is 2.22. The molecule has 0 saturated heterocycles. The summed E-state index contributed by atoms with van der Waals surface area (Å²) in [4.78, 5) is 4.41. The molecule has 0 amide bonds. The van der Waals surface area contributed by atoms with Crippen molar-refractivity contribution < 1.29 is 4.74 Å². The lowest BCUT2D eigenvalue weighted by atomic mass is 10.1. The van der Waals surface area contributed by atoms with Crippen LogP contribution in [0, 0.1) is 0 Å². The summed E-state index contributed by atoms with van der Waals surface area (Å²) in [5, 5.41) is 14.4. The van der Waals surface area contributed by atoms with Gasteiger partial charge in [-0.15, -0.1) is 5.10 Å². The quantitative estimate of drug-likeness (QED) is 0.696. The lowest BCUT2D eigenvalue weighted by Crippen LogP contribution is -2.09. The average Bonchev–Trinajstić information content (AvgIpc) is 2.64. The first-order valence-corrected chi connectivity index (χ1v) is 7.72. The predicted octanol–water partition coefficient (Wildman–Crippen LogP) is 3.28. The SMILES string of the molecule is COc1ccc(Nc2cnnc(NCCc3ccccc3)n2)cc1. The van der Waals surface area contributed by atoms with Crippen molar-refractivity contribution in [2.45, 2.75) is 6.42 Å². The van der Waals surface area contributed by atoms with Crippen molar-refractivity contribution in [1.29, 1.82) is 0 Å². The molecule has 24 heavy (non-hydrogen) atoms. The maximum Gasteiger partial charge on any atom is 0.244 e. The van der Waals surface area contributed by atoms with Gasteiger partial charge in [-0.3, -0.25) is 0 Å². The molecule has 2 aromatic carbocycles. The van der Waals surface area contributed by atoms with Gasteiger partial charge in [0, 0.05) is 12.2 Å². The van der Waals surface area contributed by atoms with Crippen LogP contribution >= 0.6 is 0 Å². The molecule has 0 atom stereocenters. The van der Waals surface area contributed by atoms with Gasteiger partial charge in [0.05, 0.1) is 13.3 Å². The highest BCUT2D eigenvalue weighted by atomic mass is 16.5. The van der Waals surface area contributed by atoms with E-state index < -0.39 is 0 Å². The molecule has 1 aromatic heterocycles. The maximum atomic E-state index is 5.14. The van der Waals surface area contributed by atoms with Gasteiger partial charge in [0.15, 0.2) is 5.82 Å². The molecule has 0 saturated carbocycles. The molecule has 0 radical (unpaired) electrons. The normalized spacial score (nSPS) is 10.2. The highest BCUT2D eigenvalue weighted by Gasteiger charge is 2.02. The molecule has 0 aliphatic carbocycles. The van der Waals surface area contributed by atoms with Crippen LogP contribution in [0.4, 0.5) is 17.5 Å². The van der Waals surface area contributed by atoms with E-state index in [-0.39, 0.29) is 0 Å². The zero-order chi connectivity index (χ0) is 16.6. The number of hydrogen-bond acceptors (Lipinski definition) is 6. The van der Waals surface area contributed by atoms with Crippen molar-refractivity contribution in [2.24, 2.45) is 0 Å². The van der Waals surface area contributed by atoms with Crippen molar-refractivity contribution in [1.82, 2.24) is 15.2 Å². The smallest absolute Gasteiger partial charge is 0.244 e. The molecular weight excluding hydrogens is 302 g/mol. The highest BCUT2D eigenvalue weighted by molar-refractivity contribution is 5.57. The summed E-state index contributed by atoms with van der Waals surface area (Å²) < 4.78 is 5.14. The van der Waals surface area contributed by atoms with Crippen LogP contribution < -0.4 is 15.4 Å². The van der Waals surface area contributed by atoms with E-state index in [0.29, 0.717) is 11.8 Å². The predicted molar refractivity (Wildman–Crippen MR) is 94.7 cm³/mol. The van der Waals surface area contributed by atoms with Crippen molar-refractivity contribution >= 4 is 17.5 Å². The van der Waals surface area contributed by atoms with Crippen molar-refractivity contribution in [2.75, 3.05) is 24.3 Å². The van der Waals surface area contributed by atoms with E-state index in [1.54, 1.807) is 13.3 Å². The lowest BCUT2D eigenvalue weighted by Gasteiger charge is -2.08. The zero-order valence-corrected chi connectivity index (χ0v) is 13.4. The third-order valence-corrected chi connectivity index (χ3v) is 3.46. The molecule has 3 rings (SSSR count). The number of anilines is 3. The monoisotopic (exact) mass is 321 g/mol. The second-order valence-corrected chi connectivity index (χ2v) is 5.18. The summed E-state index contributed by atoms with van der Waals surface area (Å²) >= 11 is 0. The third kappa shape index (κ3) is 4.42. The molecule has 122 valence electrons. The van der Waals surface area contributed by atoms with E-state index in [9.17, 15) is 0 Å². The Labute approximate surface area is 140 Å². The van der Waals surface area contributed by atoms with E-state index in [1.807, 2.05) is 42.5 Å². The van der Waals surface area contributed by atoms with Gasteiger partial charge in [-0.1, -0.05) is 30.3 Å². The van der Waals surface area contributed by atoms with Gasteiger partial charge in [-0.2, -0.15) is 10.1 Å². The van der Waals surface area contributed by atoms with Crippen LogP contribution in [0.25, 0.3) is 0 Å². The number of rotatable bonds is 7. The van der Waals surface area contributed by atoms with Crippen LogP contribution in [-0.4, -0.2) is 28.8 Å². The number of nitrogens with one attached hydrogen (secondary N) is 2. The van der Waals surface area contributed by atoms with Crippen LogP contribution in [0.5, 0.6) is 5.75 Å². The third-order valence-electron chi connectivity index (χ3n) is 3.46. The van der Waals surface area contributed by atoms with Gasteiger partial charge in [0.2, 0.25) is 5.95 Å². The number of benzene rings is 2. The molecule has 6 heteroatoms. The van der Waals surface area contributed by atoms with E-state index in [0.717, 1.165) is 24.4 Å². The molecule has 3 aromatic rings. The first-order valence-electron chi connectivity index (χ1n) is 7.72. The van der Waals surface area contributed by atoms with Crippen LogP contribution in [0.1, 0.15) is 5.56 Å². The van der Waals surface area contributed by atoms with Gasteiger partial charge < -0.3 is 15.4 Å². The largest absolute Gasteiger partial charge is 0.497 e. The minimum Gasteiger partial charge on any atom is -0.497 e. The Morgan fingerprint density at radius 2 is 1.79 bits per heavy atom. The molecule has 0 unspecified atom stereocenters. The lowest BCUT2D eigenvalue weighted by molar-refractivity contribution is 0.415. The summed E-state index contributed by atoms with van der Waals surface area (Å²) in [6.07, 6.45) is 2.49. The Balaban J connectivity index is 1.57. The van der Waals surface area contributed by atoms with Crippen LogP contribution in [0.3, 0.4) is 0 Å². The Hall–Kier alpha value is -3.15. The van der Waals surface area contributed by atoms with E-state index >= 15 is 0 Å². The molecule has 2 N–H and O–H groups in total. The molecular formula is C18H19N5O. The standard InChI is InChI=1S/C18H19N5O/c1-24-16-9-7-15(8-10-16)21-17-13-20-23-18(22-17)19-12-11-14-5-3-2-4-6-14/h2-10,13H,11-12H2,1H3,(H2,19,21,22,23). The zero-order valence-electron chi connectivity index (χ0n) is 13.4. The summed E-state index contributed by atoms with van der Waals surface area (Å²) in [5.41, 5.74) is 2.18. The second kappa shape index (κ2) is 7.92. The molecule has 0 fully saturated rings. The van der Waals surface area contributed by atoms with E-state index in [4.69, 9.17) is 4.74 Å². The first-order chi connectivity index (χ1) is 11.8. The van der Waals surface area contributed by atoms with E-state index in [2.05, 4.69) is 37.9 Å². The van der Waals surface area contributed by atoms with Gasteiger partial charge in [0.25, 0.3) is 0 Å². The van der Waals surface area contributed by atoms with Crippen molar-refractivity contribution in [3.63, 3.8) is 0 Å². The average molecular weight is 321 g/mol. The summed E-state index contributed by atoms with van der Waals surface area (Å²) in [6, 6.07) is 17.9. The van der Waals surface area contributed by atoms with Crippen LogP contribution in [-0.2, 0) is 6.42 Å². The molecule has 0 spiro atoms. The first kappa shape index (κ1) is 15.7. The van der Waals surface area contributed by atoms with Gasteiger partial charge in [-0.05, 0) is 36.2 Å². The van der Waals surface area contributed by atoms with Crippen LogP contribution in [0.2, 0.25) is 0 Å². The van der Waals surface area contributed by atoms with Crippen LogP contribution in [0.15, 0.2) is 60.8 Å². The molecule has 0 bridgehead atoms. The fraction of sp³-hybridized carbons (Fsp3) is 0.167. The molecule has 6 nitrogen and oxygen atoms in total. The minimum atomic E-state index is 0.504. The molecule has 0 aliphatic heterocycles. The Morgan fingerprint density at radius 3 is 2.54 bits per heavy atom. The number of ether oxygens (including phenoxy) is 1. The van der Waals surface area contributed by atoms with E-state index in [1.165, 1.54) is 5.56 Å². The van der Waals surface area contributed by atoms with Crippen molar-refractivity contribution in [3.05, 3.63) is 66.4 Å². The Bertz CT molecular complexity index is 762. The van der Waals surface area contributed by atoms with Gasteiger partial charge in [0.1, 0.15) is 5.75 Å². The Kier molecular flexibility index (Phi) is 5.19. The van der Waals surface area contributed by atoms with Crippen molar-refractivity contribution in [3.8, 4) is 5.75 Å². The second-order valence-electron chi connectivity index (χ2n) is 5.18. The fourth-order valence-electron chi connectivity index (χ4n) is 2.22. The number of hydrogen-bond donors (Lipinski definition) is 2. The maximum absolute atomic E-state index is 5.14. The molecule has 0 aliphatic rings. The highest BCUT2D eigenvalue weighted by Crippen LogP contribution is 2.18. The Morgan fingerprint density at radius 1 is 1.00 bits per heavy atom. The summed E-state index contributed by atoms with van der Waals surface area (Å²) in [6.45, 7) is 0.748. The number of aromatic nitrogens is 3. The summed E-state index contributed by atoms with van der Waals surface area (Å²) in [7, 11) is 1.64. The molecule has 1 heterocycles. The number of nitrogens with zero attached hydrogens (tertiary/aromatic N) is 3.